The van der Waals surface area contributed by atoms with Crippen LogP contribution in [-0.2, 0) is 0 Å². The van der Waals surface area contributed by atoms with Crippen LogP contribution < -0.4 is 5.32 Å². The van der Waals surface area contributed by atoms with Gasteiger partial charge in [0.15, 0.2) is 0 Å². The molecule has 1 aromatic carbocycles. The van der Waals surface area contributed by atoms with E-state index in [1.165, 1.54) is 58.3 Å². The zero-order valence-electron chi connectivity index (χ0n) is 12.7. The third kappa shape index (κ3) is 2.47. The summed E-state index contributed by atoms with van der Waals surface area (Å²) in [4.78, 5) is 2.73. The summed E-state index contributed by atoms with van der Waals surface area (Å²) in [5, 5.41) is 13.5. The Labute approximate surface area is 127 Å². The number of aromatic hydroxyl groups is 1. The minimum absolute atomic E-state index is 0.483. The lowest BCUT2D eigenvalue weighted by molar-refractivity contribution is 0.120. The first kappa shape index (κ1) is 13.6. The second-order valence-electron chi connectivity index (χ2n) is 7.37. The molecule has 1 spiro atoms. The van der Waals surface area contributed by atoms with E-state index in [1.807, 2.05) is 18.2 Å². The first-order valence-corrected chi connectivity index (χ1v) is 8.48. The number of phenolic OH excluding ortho intramolecular Hbond substituents is 1. The van der Waals surface area contributed by atoms with Gasteiger partial charge in [-0.2, -0.15) is 0 Å². The molecule has 4 rings (SSSR count). The number of phenols is 1. The number of hydrogen-bond donors (Lipinski definition) is 2. The van der Waals surface area contributed by atoms with Crippen LogP contribution in [0.5, 0.6) is 5.75 Å². The molecule has 0 amide bonds. The Morgan fingerprint density at radius 3 is 2.48 bits per heavy atom. The molecule has 1 aliphatic carbocycles. The number of likely N-dealkylation sites (tertiary alicyclic amines) is 1. The van der Waals surface area contributed by atoms with E-state index in [0.717, 1.165) is 11.6 Å². The summed E-state index contributed by atoms with van der Waals surface area (Å²) < 4.78 is 0. The molecule has 21 heavy (non-hydrogen) atoms. The molecule has 2 N–H and O–H groups in total. The number of benzene rings is 1. The average Bonchev–Trinajstić information content (AvgIpc) is 2.94. The predicted octanol–water partition coefficient (Wildman–Crippen LogP) is 2.71. The highest BCUT2D eigenvalue weighted by atomic mass is 16.3. The smallest absolute Gasteiger partial charge is 0.119 e. The first-order valence-electron chi connectivity index (χ1n) is 8.48. The van der Waals surface area contributed by atoms with E-state index >= 15 is 0 Å². The number of nitrogens with one attached hydrogen (secondary N) is 1. The second-order valence-corrected chi connectivity index (χ2v) is 7.37. The van der Waals surface area contributed by atoms with Crippen LogP contribution in [0.15, 0.2) is 24.3 Å². The molecule has 0 aromatic heterocycles. The topological polar surface area (TPSA) is 35.5 Å². The van der Waals surface area contributed by atoms with Gasteiger partial charge in [0.1, 0.15) is 5.75 Å². The molecule has 3 aliphatic rings. The van der Waals surface area contributed by atoms with E-state index in [0.29, 0.717) is 17.1 Å². The molecule has 2 heterocycles. The van der Waals surface area contributed by atoms with E-state index < -0.39 is 0 Å². The van der Waals surface area contributed by atoms with Crippen LogP contribution in [0.3, 0.4) is 0 Å². The molecule has 3 heteroatoms. The van der Waals surface area contributed by atoms with Crippen molar-refractivity contribution in [3.63, 3.8) is 0 Å². The molecule has 1 unspecified atom stereocenters. The van der Waals surface area contributed by atoms with E-state index in [-0.39, 0.29) is 0 Å². The van der Waals surface area contributed by atoms with Crippen LogP contribution in [0, 0.1) is 5.41 Å². The van der Waals surface area contributed by atoms with Crippen molar-refractivity contribution in [2.45, 2.75) is 44.1 Å². The third-order valence-electron chi connectivity index (χ3n) is 6.10. The van der Waals surface area contributed by atoms with Crippen LogP contribution in [-0.4, -0.2) is 42.2 Å². The van der Waals surface area contributed by atoms with Crippen molar-refractivity contribution in [3.05, 3.63) is 29.8 Å². The summed E-state index contributed by atoms with van der Waals surface area (Å²) in [7, 11) is 0. The molecule has 114 valence electrons. The molecule has 1 saturated carbocycles. The molecule has 0 radical (unpaired) electrons. The molecular formula is C18H26N2O. The van der Waals surface area contributed by atoms with Gasteiger partial charge in [-0.3, -0.25) is 0 Å². The molecule has 1 atom stereocenters. The highest BCUT2D eigenvalue weighted by Gasteiger charge is 2.45. The maximum atomic E-state index is 10.0. The van der Waals surface area contributed by atoms with Crippen molar-refractivity contribution in [3.8, 4) is 5.75 Å². The Bertz CT molecular complexity index is 504. The third-order valence-corrected chi connectivity index (χ3v) is 6.10. The fourth-order valence-electron chi connectivity index (χ4n) is 4.70. The Morgan fingerprint density at radius 1 is 1.10 bits per heavy atom. The van der Waals surface area contributed by atoms with Crippen molar-refractivity contribution >= 4 is 0 Å². The van der Waals surface area contributed by atoms with Crippen molar-refractivity contribution in [1.82, 2.24) is 10.2 Å². The van der Waals surface area contributed by atoms with Crippen molar-refractivity contribution in [1.29, 1.82) is 0 Å². The fraction of sp³-hybridized carbons (Fsp3) is 0.667. The monoisotopic (exact) mass is 286 g/mol. The minimum Gasteiger partial charge on any atom is -0.508 e. The van der Waals surface area contributed by atoms with Gasteiger partial charge < -0.3 is 15.3 Å². The molecule has 2 aliphatic heterocycles. The maximum absolute atomic E-state index is 10.0. The Hall–Kier alpha value is -1.06. The zero-order chi connectivity index (χ0) is 14.3. The standard InChI is InChI=1S/C18H26N2O/c21-17-4-2-1-3-16(17)14-6-9-20(10-7-14)15-5-8-18(11-15)12-19-13-18/h1-4,14-15,19,21H,5-13H2. The maximum Gasteiger partial charge on any atom is 0.119 e. The van der Waals surface area contributed by atoms with Gasteiger partial charge in [-0.05, 0) is 68.2 Å². The molecule has 2 saturated heterocycles. The average molecular weight is 286 g/mol. The van der Waals surface area contributed by atoms with Gasteiger partial charge in [-0.1, -0.05) is 18.2 Å². The van der Waals surface area contributed by atoms with Gasteiger partial charge in [0, 0.05) is 19.1 Å². The summed E-state index contributed by atoms with van der Waals surface area (Å²) >= 11 is 0. The highest BCUT2D eigenvalue weighted by molar-refractivity contribution is 5.35. The summed E-state index contributed by atoms with van der Waals surface area (Å²) in [6, 6.07) is 8.70. The first-order chi connectivity index (χ1) is 10.3. The largest absolute Gasteiger partial charge is 0.508 e. The van der Waals surface area contributed by atoms with E-state index in [4.69, 9.17) is 0 Å². The van der Waals surface area contributed by atoms with Crippen molar-refractivity contribution in [2.24, 2.45) is 5.41 Å². The summed E-state index contributed by atoms with van der Waals surface area (Å²) in [6.07, 6.45) is 6.60. The van der Waals surface area contributed by atoms with Gasteiger partial charge in [-0.15, -0.1) is 0 Å². The number of hydrogen-bond acceptors (Lipinski definition) is 3. The summed E-state index contributed by atoms with van der Waals surface area (Å²) in [5.41, 5.74) is 1.81. The molecule has 3 fully saturated rings. The normalized spacial score (nSPS) is 29.6. The molecule has 3 nitrogen and oxygen atoms in total. The molecular weight excluding hydrogens is 260 g/mol. The van der Waals surface area contributed by atoms with Crippen molar-refractivity contribution in [2.75, 3.05) is 26.2 Å². The Kier molecular flexibility index (Phi) is 3.43. The van der Waals surface area contributed by atoms with Gasteiger partial charge >= 0.3 is 0 Å². The number of nitrogens with zero attached hydrogens (tertiary/aromatic N) is 1. The zero-order valence-corrected chi connectivity index (χ0v) is 12.7. The van der Waals surface area contributed by atoms with E-state index in [9.17, 15) is 5.11 Å². The van der Waals surface area contributed by atoms with Gasteiger partial charge in [0.25, 0.3) is 0 Å². The van der Waals surface area contributed by atoms with Crippen LogP contribution in [0.25, 0.3) is 0 Å². The van der Waals surface area contributed by atoms with Crippen LogP contribution in [0.4, 0.5) is 0 Å². The van der Waals surface area contributed by atoms with Crippen LogP contribution in [0.1, 0.15) is 43.6 Å². The lowest BCUT2D eigenvalue weighted by atomic mass is 9.80. The molecule has 0 bridgehead atoms. The number of para-hydroxylation sites is 1. The Balaban J connectivity index is 1.36. The van der Waals surface area contributed by atoms with E-state index in [2.05, 4.69) is 16.3 Å². The SMILES string of the molecule is Oc1ccccc1C1CCN(C2CCC3(CNC3)C2)CC1. The van der Waals surface area contributed by atoms with Crippen LogP contribution >= 0.6 is 0 Å². The van der Waals surface area contributed by atoms with E-state index in [1.54, 1.807) is 0 Å². The molecule has 1 aromatic rings. The minimum atomic E-state index is 0.483. The number of piperidine rings is 1. The predicted molar refractivity (Wildman–Crippen MR) is 84.6 cm³/mol. The van der Waals surface area contributed by atoms with Crippen LogP contribution in [0.2, 0.25) is 0 Å². The number of rotatable bonds is 2. The summed E-state index contributed by atoms with van der Waals surface area (Å²) in [5.74, 6) is 1.03. The van der Waals surface area contributed by atoms with Gasteiger partial charge in [-0.25, -0.2) is 0 Å². The van der Waals surface area contributed by atoms with Gasteiger partial charge in [0.2, 0.25) is 0 Å². The van der Waals surface area contributed by atoms with Gasteiger partial charge in [0.05, 0.1) is 0 Å². The Morgan fingerprint density at radius 2 is 1.86 bits per heavy atom. The lowest BCUT2D eigenvalue weighted by Gasteiger charge is -2.41. The highest BCUT2D eigenvalue weighted by Crippen LogP contribution is 2.44. The summed E-state index contributed by atoms with van der Waals surface area (Å²) in [6.45, 7) is 4.90. The quantitative estimate of drug-likeness (QED) is 0.877. The van der Waals surface area contributed by atoms with Crippen molar-refractivity contribution < 1.29 is 5.11 Å². The fourth-order valence-corrected chi connectivity index (χ4v) is 4.70. The second kappa shape index (κ2) is 5.29. The lowest BCUT2D eigenvalue weighted by Crippen LogP contribution is -2.52.